The molecular formula is C21H30O6. The Labute approximate surface area is 161 Å². The number of rotatable bonds is 9. The van der Waals surface area contributed by atoms with E-state index in [4.69, 9.17) is 14.2 Å². The van der Waals surface area contributed by atoms with Crippen molar-refractivity contribution in [2.75, 3.05) is 0 Å². The van der Waals surface area contributed by atoms with E-state index in [2.05, 4.69) is 0 Å². The SMILES string of the molecule is CC(C)C(=O)OCc1cc(COC(=O)C(C)C)cc(COC(=O)C(C)C)c1. The van der Waals surface area contributed by atoms with E-state index in [1.54, 1.807) is 41.5 Å². The van der Waals surface area contributed by atoms with E-state index in [9.17, 15) is 14.4 Å². The third kappa shape index (κ3) is 8.24. The summed E-state index contributed by atoms with van der Waals surface area (Å²) in [6.45, 7) is 10.9. The number of carbonyl (C=O) groups is 3. The van der Waals surface area contributed by atoms with Crippen LogP contribution in [0.3, 0.4) is 0 Å². The van der Waals surface area contributed by atoms with Crippen molar-refractivity contribution in [2.24, 2.45) is 17.8 Å². The molecule has 0 saturated carbocycles. The molecule has 0 aromatic heterocycles. The lowest BCUT2D eigenvalue weighted by atomic mass is 10.1. The van der Waals surface area contributed by atoms with Gasteiger partial charge in [0.05, 0.1) is 17.8 Å². The van der Waals surface area contributed by atoms with Gasteiger partial charge in [-0.15, -0.1) is 0 Å². The molecular weight excluding hydrogens is 348 g/mol. The van der Waals surface area contributed by atoms with E-state index in [-0.39, 0.29) is 55.5 Å². The molecule has 1 aromatic rings. The summed E-state index contributed by atoms with van der Waals surface area (Å²) >= 11 is 0. The highest BCUT2D eigenvalue weighted by Gasteiger charge is 2.13. The average Bonchev–Trinajstić information content (AvgIpc) is 2.61. The number of hydrogen-bond donors (Lipinski definition) is 0. The van der Waals surface area contributed by atoms with Crippen LogP contribution in [0.2, 0.25) is 0 Å². The maximum atomic E-state index is 11.7. The minimum absolute atomic E-state index is 0.105. The van der Waals surface area contributed by atoms with Gasteiger partial charge in [0.2, 0.25) is 0 Å². The van der Waals surface area contributed by atoms with Gasteiger partial charge >= 0.3 is 17.9 Å². The van der Waals surface area contributed by atoms with Crippen molar-refractivity contribution in [1.82, 2.24) is 0 Å². The topological polar surface area (TPSA) is 78.9 Å². The third-order valence-corrected chi connectivity index (χ3v) is 3.67. The number of benzene rings is 1. The molecule has 0 saturated heterocycles. The molecule has 27 heavy (non-hydrogen) atoms. The molecule has 0 aliphatic carbocycles. The standard InChI is InChI=1S/C21H30O6/c1-13(2)19(22)25-10-16-7-17(11-26-20(23)14(3)4)9-18(8-16)12-27-21(24)15(5)6/h7-9,13-15H,10-12H2,1-6H3. The van der Waals surface area contributed by atoms with Gasteiger partial charge < -0.3 is 14.2 Å². The highest BCUT2D eigenvalue weighted by molar-refractivity contribution is 5.72. The maximum absolute atomic E-state index is 11.7. The van der Waals surface area contributed by atoms with E-state index in [1.165, 1.54) is 0 Å². The van der Waals surface area contributed by atoms with Gasteiger partial charge in [0.1, 0.15) is 19.8 Å². The molecule has 0 bridgehead atoms. The predicted octanol–water partition coefficient (Wildman–Crippen LogP) is 3.78. The molecule has 1 aromatic carbocycles. The fraction of sp³-hybridized carbons (Fsp3) is 0.571. The van der Waals surface area contributed by atoms with Gasteiger partial charge in [0.15, 0.2) is 0 Å². The molecule has 0 N–H and O–H groups in total. The largest absolute Gasteiger partial charge is 0.461 e. The second-order valence-electron chi connectivity index (χ2n) is 7.44. The summed E-state index contributed by atoms with van der Waals surface area (Å²) < 4.78 is 15.8. The molecule has 6 heteroatoms. The van der Waals surface area contributed by atoms with Crippen molar-refractivity contribution in [1.29, 1.82) is 0 Å². The Morgan fingerprint density at radius 3 is 1.00 bits per heavy atom. The Morgan fingerprint density at radius 2 is 0.815 bits per heavy atom. The van der Waals surface area contributed by atoms with Gasteiger partial charge in [0, 0.05) is 0 Å². The Kier molecular flexibility index (Phi) is 8.98. The lowest BCUT2D eigenvalue weighted by Gasteiger charge is -2.13. The quantitative estimate of drug-likeness (QED) is 0.481. The second-order valence-corrected chi connectivity index (χ2v) is 7.44. The Morgan fingerprint density at radius 1 is 0.593 bits per heavy atom. The molecule has 0 unspecified atom stereocenters. The van der Waals surface area contributed by atoms with Crippen molar-refractivity contribution >= 4 is 17.9 Å². The van der Waals surface area contributed by atoms with Gasteiger partial charge in [-0.25, -0.2) is 0 Å². The van der Waals surface area contributed by atoms with Crippen LogP contribution in [-0.4, -0.2) is 17.9 Å². The van der Waals surface area contributed by atoms with Crippen LogP contribution in [0.25, 0.3) is 0 Å². The molecule has 0 atom stereocenters. The van der Waals surface area contributed by atoms with Crippen LogP contribution < -0.4 is 0 Å². The summed E-state index contributed by atoms with van der Waals surface area (Å²) in [6, 6.07) is 5.44. The molecule has 0 radical (unpaired) electrons. The Balaban J connectivity index is 2.90. The van der Waals surface area contributed by atoms with E-state index in [1.807, 2.05) is 18.2 Å². The summed E-state index contributed by atoms with van der Waals surface area (Å²) in [5, 5.41) is 0. The van der Waals surface area contributed by atoms with Gasteiger partial charge in [-0.1, -0.05) is 41.5 Å². The zero-order valence-electron chi connectivity index (χ0n) is 17.0. The van der Waals surface area contributed by atoms with E-state index in [0.29, 0.717) is 0 Å². The highest BCUT2D eigenvalue weighted by Crippen LogP contribution is 2.16. The fourth-order valence-corrected chi connectivity index (χ4v) is 2.05. The molecule has 0 spiro atoms. The van der Waals surface area contributed by atoms with Crippen molar-refractivity contribution in [3.8, 4) is 0 Å². The van der Waals surface area contributed by atoms with Crippen LogP contribution in [0, 0.1) is 17.8 Å². The van der Waals surface area contributed by atoms with E-state index >= 15 is 0 Å². The summed E-state index contributed by atoms with van der Waals surface area (Å²) in [7, 11) is 0. The molecule has 0 amide bonds. The Bertz CT molecular complexity index is 558. The fourth-order valence-electron chi connectivity index (χ4n) is 2.05. The van der Waals surface area contributed by atoms with Crippen LogP contribution in [-0.2, 0) is 48.4 Å². The first-order chi connectivity index (χ1) is 12.6. The van der Waals surface area contributed by atoms with Crippen LogP contribution in [0.15, 0.2) is 18.2 Å². The highest BCUT2D eigenvalue weighted by atomic mass is 16.5. The van der Waals surface area contributed by atoms with Crippen LogP contribution >= 0.6 is 0 Å². The molecule has 0 aliphatic rings. The molecule has 0 aliphatic heterocycles. The van der Waals surface area contributed by atoms with Crippen LogP contribution in [0.1, 0.15) is 58.2 Å². The van der Waals surface area contributed by atoms with Gasteiger partial charge in [-0.2, -0.15) is 0 Å². The molecule has 150 valence electrons. The monoisotopic (exact) mass is 378 g/mol. The third-order valence-electron chi connectivity index (χ3n) is 3.67. The molecule has 0 heterocycles. The van der Waals surface area contributed by atoms with Crippen molar-refractivity contribution < 1.29 is 28.6 Å². The summed E-state index contributed by atoms with van der Waals surface area (Å²) in [4.78, 5) is 35.1. The minimum atomic E-state index is -0.292. The summed E-state index contributed by atoms with van der Waals surface area (Å²) in [5.74, 6) is -1.52. The zero-order chi connectivity index (χ0) is 20.6. The second kappa shape index (κ2) is 10.7. The average molecular weight is 378 g/mol. The maximum Gasteiger partial charge on any atom is 0.308 e. The number of carbonyl (C=O) groups excluding carboxylic acids is 3. The number of hydrogen-bond acceptors (Lipinski definition) is 6. The van der Waals surface area contributed by atoms with Crippen molar-refractivity contribution in [3.63, 3.8) is 0 Å². The first-order valence-electron chi connectivity index (χ1n) is 9.21. The number of ether oxygens (including phenoxy) is 3. The smallest absolute Gasteiger partial charge is 0.308 e. The lowest BCUT2D eigenvalue weighted by molar-refractivity contribution is -0.149. The molecule has 0 fully saturated rings. The molecule has 6 nitrogen and oxygen atoms in total. The van der Waals surface area contributed by atoms with Crippen LogP contribution in [0.4, 0.5) is 0 Å². The molecule has 1 rings (SSSR count). The first kappa shape index (κ1) is 22.7. The lowest BCUT2D eigenvalue weighted by Crippen LogP contribution is -2.14. The van der Waals surface area contributed by atoms with Crippen LogP contribution in [0.5, 0.6) is 0 Å². The first-order valence-corrected chi connectivity index (χ1v) is 9.21. The van der Waals surface area contributed by atoms with E-state index in [0.717, 1.165) is 16.7 Å². The van der Waals surface area contributed by atoms with Crippen molar-refractivity contribution in [2.45, 2.75) is 61.4 Å². The van der Waals surface area contributed by atoms with Gasteiger partial charge in [-0.05, 0) is 34.9 Å². The zero-order valence-corrected chi connectivity index (χ0v) is 17.0. The van der Waals surface area contributed by atoms with Gasteiger partial charge in [-0.3, -0.25) is 14.4 Å². The summed E-state index contributed by atoms with van der Waals surface area (Å²) in [6.07, 6.45) is 0. The normalized spacial score (nSPS) is 11.0. The van der Waals surface area contributed by atoms with Crippen molar-refractivity contribution in [3.05, 3.63) is 34.9 Å². The number of esters is 3. The predicted molar refractivity (Wildman–Crippen MR) is 100 cm³/mol. The van der Waals surface area contributed by atoms with Gasteiger partial charge in [0.25, 0.3) is 0 Å². The minimum Gasteiger partial charge on any atom is -0.461 e. The summed E-state index contributed by atoms with van der Waals surface area (Å²) in [5.41, 5.74) is 2.24. The van der Waals surface area contributed by atoms with E-state index < -0.39 is 0 Å². The Hall–Kier alpha value is -2.37.